The Morgan fingerprint density at radius 2 is 1.83 bits per heavy atom. The number of morpholine rings is 1. The summed E-state index contributed by atoms with van der Waals surface area (Å²) in [6, 6.07) is 14.9. The topological polar surface area (TPSA) is 68.6 Å². The van der Waals surface area contributed by atoms with Gasteiger partial charge in [-0.3, -0.25) is 9.48 Å². The van der Waals surface area contributed by atoms with E-state index in [1.165, 1.54) is 0 Å². The predicted molar refractivity (Wildman–Crippen MR) is 117 cm³/mol. The van der Waals surface area contributed by atoms with E-state index in [1.54, 1.807) is 36.1 Å². The van der Waals surface area contributed by atoms with Gasteiger partial charge in [0.1, 0.15) is 12.3 Å². The summed E-state index contributed by atoms with van der Waals surface area (Å²) < 4.78 is 12.4. The standard InChI is InChI=1S/C22H23ClN4O3/c1-29-19-8-2-16(3-9-19)20-14-27(25-22(20)26-10-12-30-13-11-26)15-21(28)24-18-6-4-17(23)5-7-18/h2-9,14H,10-13,15H2,1H3,(H,24,28). The number of aromatic nitrogens is 2. The largest absolute Gasteiger partial charge is 0.497 e. The van der Waals surface area contributed by atoms with Crippen LogP contribution in [0.3, 0.4) is 0 Å². The molecule has 0 radical (unpaired) electrons. The van der Waals surface area contributed by atoms with Crippen molar-refractivity contribution in [3.8, 4) is 16.9 Å². The number of carbonyl (C=O) groups excluding carboxylic acids is 1. The number of amides is 1. The highest BCUT2D eigenvalue weighted by Gasteiger charge is 2.20. The number of methoxy groups -OCH3 is 1. The maximum Gasteiger partial charge on any atom is 0.246 e. The molecule has 4 rings (SSSR count). The van der Waals surface area contributed by atoms with Crippen molar-refractivity contribution in [3.05, 3.63) is 59.8 Å². The fraction of sp³-hybridized carbons (Fsp3) is 0.273. The quantitative estimate of drug-likeness (QED) is 0.651. The second-order valence-electron chi connectivity index (χ2n) is 6.95. The molecule has 0 atom stereocenters. The van der Waals surface area contributed by atoms with Crippen molar-refractivity contribution < 1.29 is 14.3 Å². The zero-order valence-corrected chi connectivity index (χ0v) is 17.4. The van der Waals surface area contributed by atoms with Crippen molar-refractivity contribution in [1.82, 2.24) is 9.78 Å². The van der Waals surface area contributed by atoms with Crippen molar-refractivity contribution in [1.29, 1.82) is 0 Å². The second-order valence-corrected chi connectivity index (χ2v) is 7.38. The third-order valence-electron chi connectivity index (χ3n) is 4.89. The lowest BCUT2D eigenvalue weighted by Crippen LogP contribution is -2.36. The molecule has 0 bridgehead atoms. The molecule has 0 saturated carbocycles. The van der Waals surface area contributed by atoms with E-state index in [1.807, 2.05) is 30.5 Å². The Kier molecular flexibility index (Phi) is 6.21. The van der Waals surface area contributed by atoms with Gasteiger partial charge >= 0.3 is 0 Å². The summed E-state index contributed by atoms with van der Waals surface area (Å²) >= 11 is 5.90. The highest BCUT2D eigenvalue weighted by atomic mass is 35.5. The van der Waals surface area contributed by atoms with E-state index in [-0.39, 0.29) is 12.5 Å². The van der Waals surface area contributed by atoms with Gasteiger partial charge in [0.05, 0.1) is 20.3 Å². The van der Waals surface area contributed by atoms with Crippen molar-refractivity contribution in [2.24, 2.45) is 0 Å². The molecule has 2 heterocycles. The predicted octanol–water partition coefficient (Wildman–Crippen LogP) is 3.69. The molecule has 1 aromatic heterocycles. The maximum absolute atomic E-state index is 12.5. The molecule has 1 N–H and O–H groups in total. The van der Waals surface area contributed by atoms with Crippen LogP contribution in [-0.2, 0) is 16.1 Å². The van der Waals surface area contributed by atoms with Crippen LogP contribution in [0.5, 0.6) is 5.75 Å². The van der Waals surface area contributed by atoms with Crippen LogP contribution in [0.25, 0.3) is 11.1 Å². The fourth-order valence-electron chi connectivity index (χ4n) is 3.36. The van der Waals surface area contributed by atoms with Crippen LogP contribution in [0, 0.1) is 0 Å². The Morgan fingerprint density at radius 1 is 1.13 bits per heavy atom. The Balaban J connectivity index is 1.57. The summed E-state index contributed by atoms with van der Waals surface area (Å²) in [4.78, 5) is 14.7. The number of benzene rings is 2. The van der Waals surface area contributed by atoms with Crippen LogP contribution >= 0.6 is 11.6 Å². The van der Waals surface area contributed by atoms with Crippen LogP contribution in [0.1, 0.15) is 0 Å². The lowest BCUT2D eigenvalue weighted by molar-refractivity contribution is -0.116. The molecular formula is C22H23ClN4O3. The van der Waals surface area contributed by atoms with Gasteiger partial charge in [0.15, 0.2) is 5.82 Å². The van der Waals surface area contributed by atoms with Gasteiger partial charge in [0.2, 0.25) is 5.91 Å². The molecule has 3 aromatic rings. The molecule has 30 heavy (non-hydrogen) atoms. The van der Waals surface area contributed by atoms with E-state index in [4.69, 9.17) is 26.2 Å². The molecule has 1 saturated heterocycles. The number of nitrogens with one attached hydrogen (secondary N) is 1. The van der Waals surface area contributed by atoms with Crippen LogP contribution < -0.4 is 15.0 Å². The molecule has 0 unspecified atom stereocenters. The summed E-state index contributed by atoms with van der Waals surface area (Å²) in [5.41, 5.74) is 2.68. The van der Waals surface area contributed by atoms with E-state index in [2.05, 4.69) is 10.2 Å². The van der Waals surface area contributed by atoms with E-state index in [0.29, 0.717) is 23.9 Å². The van der Waals surface area contributed by atoms with Crippen molar-refractivity contribution in [2.45, 2.75) is 6.54 Å². The van der Waals surface area contributed by atoms with Gasteiger partial charge in [-0.2, -0.15) is 5.10 Å². The number of ether oxygens (including phenoxy) is 2. The minimum atomic E-state index is -0.158. The number of halogens is 1. The minimum Gasteiger partial charge on any atom is -0.497 e. The van der Waals surface area contributed by atoms with E-state index >= 15 is 0 Å². The molecule has 1 aliphatic heterocycles. The average Bonchev–Trinajstić information content (AvgIpc) is 3.19. The number of anilines is 2. The first kappa shape index (κ1) is 20.3. The zero-order valence-electron chi connectivity index (χ0n) is 16.7. The van der Waals surface area contributed by atoms with Gasteiger partial charge in [-0.15, -0.1) is 0 Å². The molecule has 7 nitrogen and oxygen atoms in total. The van der Waals surface area contributed by atoms with Gasteiger partial charge in [0.25, 0.3) is 0 Å². The lowest BCUT2D eigenvalue weighted by atomic mass is 10.1. The number of rotatable bonds is 6. The summed E-state index contributed by atoms with van der Waals surface area (Å²) in [6.45, 7) is 2.95. The van der Waals surface area contributed by atoms with Crippen LogP contribution in [-0.4, -0.2) is 49.1 Å². The Hall–Kier alpha value is -3.03. The second kappa shape index (κ2) is 9.19. The normalized spacial score (nSPS) is 13.9. The molecule has 2 aromatic carbocycles. The van der Waals surface area contributed by atoms with Gasteiger partial charge in [0, 0.05) is 35.6 Å². The average molecular weight is 427 g/mol. The Bertz CT molecular complexity index is 996. The Labute approximate surface area is 180 Å². The lowest BCUT2D eigenvalue weighted by Gasteiger charge is -2.27. The summed E-state index contributed by atoms with van der Waals surface area (Å²) in [6.07, 6.45) is 1.91. The van der Waals surface area contributed by atoms with E-state index < -0.39 is 0 Å². The maximum atomic E-state index is 12.5. The summed E-state index contributed by atoms with van der Waals surface area (Å²) in [7, 11) is 1.64. The highest BCUT2D eigenvalue weighted by molar-refractivity contribution is 6.30. The highest BCUT2D eigenvalue weighted by Crippen LogP contribution is 2.31. The minimum absolute atomic E-state index is 0.107. The first-order chi connectivity index (χ1) is 14.6. The fourth-order valence-corrected chi connectivity index (χ4v) is 3.48. The van der Waals surface area contributed by atoms with Gasteiger partial charge in [-0.05, 0) is 42.0 Å². The monoisotopic (exact) mass is 426 g/mol. The molecule has 1 aliphatic rings. The van der Waals surface area contributed by atoms with Gasteiger partial charge in [-0.1, -0.05) is 23.7 Å². The molecule has 0 spiro atoms. The van der Waals surface area contributed by atoms with Crippen molar-refractivity contribution in [2.75, 3.05) is 43.6 Å². The summed E-state index contributed by atoms with van der Waals surface area (Å²) in [5, 5.41) is 8.22. The number of hydrogen-bond acceptors (Lipinski definition) is 5. The van der Waals surface area contributed by atoms with Crippen molar-refractivity contribution in [3.63, 3.8) is 0 Å². The van der Waals surface area contributed by atoms with Gasteiger partial charge < -0.3 is 19.7 Å². The smallest absolute Gasteiger partial charge is 0.246 e. The first-order valence-electron chi connectivity index (χ1n) is 9.72. The molecule has 8 heteroatoms. The summed E-state index contributed by atoms with van der Waals surface area (Å²) in [5.74, 6) is 1.48. The number of nitrogens with zero attached hydrogens (tertiary/aromatic N) is 3. The zero-order chi connectivity index (χ0) is 20.9. The third kappa shape index (κ3) is 4.75. The van der Waals surface area contributed by atoms with Crippen molar-refractivity contribution >= 4 is 29.0 Å². The van der Waals surface area contributed by atoms with Crippen LogP contribution in [0.2, 0.25) is 5.02 Å². The number of carbonyl (C=O) groups is 1. The molecular weight excluding hydrogens is 404 g/mol. The molecule has 1 fully saturated rings. The van der Waals surface area contributed by atoms with E-state index in [9.17, 15) is 4.79 Å². The number of hydrogen-bond donors (Lipinski definition) is 1. The third-order valence-corrected chi connectivity index (χ3v) is 5.14. The molecule has 156 valence electrons. The molecule has 0 aliphatic carbocycles. The molecule has 1 amide bonds. The van der Waals surface area contributed by atoms with Crippen LogP contribution in [0.15, 0.2) is 54.7 Å². The SMILES string of the molecule is COc1ccc(-c2cn(CC(=O)Nc3ccc(Cl)cc3)nc2N2CCOCC2)cc1. The van der Waals surface area contributed by atoms with Crippen LogP contribution in [0.4, 0.5) is 11.5 Å². The Morgan fingerprint density at radius 3 is 2.50 bits per heavy atom. The van der Waals surface area contributed by atoms with Gasteiger partial charge in [-0.25, -0.2) is 0 Å². The van der Waals surface area contributed by atoms with E-state index in [0.717, 1.165) is 35.8 Å². The first-order valence-corrected chi connectivity index (χ1v) is 10.1.